The molecule has 19 heavy (non-hydrogen) atoms. The lowest BCUT2D eigenvalue weighted by atomic mass is 9.73. The van der Waals surface area contributed by atoms with Crippen molar-refractivity contribution in [3.8, 4) is 0 Å². The molecule has 1 aromatic heterocycles. The molecule has 0 saturated heterocycles. The molecule has 1 aliphatic rings. The third-order valence-corrected chi connectivity index (χ3v) is 4.50. The summed E-state index contributed by atoms with van der Waals surface area (Å²) < 4.78 is 0.725. The van der Waals surface area contributed by atoms with Crippen LogP contribution in [0.3, 0.4) is 0 Å². The predicted octanol–water partition coefficient (Wildman–Crippen LogP) is 5.12. The summed E-state index contributed by atoms with van der Waals surface area (Å²) in [6.45, 7) is 11.4. The molecule has 1 heterocycles. The smallest absolute Gasteiger partial charge is 0.130 e. The number of aromatic amines is 1. The molecule has 1 N–H and O–H groups in total. The van der Waals surface area contributed by atoms with E-state index in [-0.39, 0.29) is 5.41 Å². The van der Waals surface area contributed by atoms with E-state index < -0.39 is 0 Å². The molecular formula is C16H26N2S. The minimum Gasteiger partial charge on any atom is -0.346 e. The average Bonchev–Trinajstić information content (AvgIpc) is 2.26. The van der Waals surface area contributed by atoms with Gasteiger partial charge in [-0.25, -0.2) is 4.98 Å². The zero-order valence-corrected chi connectivity index (χ0v) is 13.7. The van der Waals surface area contributed by atoms with Gasteiger partial charge >= 0.3 is 0 Å². The van der Waals surface area contributed by atoms with Gasteiger partial charge in [0, 0.05) is 17.0 Å². The molecule has 0 atom stereocenters. The van der Waals surface area contributed by atoms with Crippen LogP contribution in [0.1, 0.15) is 77.7 Å². The van der Waals surface area contributed by atoms with Crippen molar-refractivity contribution in [2.45, 2.75) is 71.6 Å². The van der Waals surface area contributed by atoms with Gasteiger partial charge < -0.3 is 4.98 Å². The second-order valence-corrected chi connectivity index (χ2v) is 8.13. The summed E-state index contributed by atoms with van der Waals surface area (Å²) in [5.41, 5.74) is 1.79. The molecule has 0 unspecified atom stereocenters. The number of H-pyrrole nitrogens is 1. The fourth-order valence-electron chi connectivity index (χ4n) is 2.75. The summed E-state index contributed by atoms with van der Waals surface area (Å²) in [4.78, 5) is 8.12. The number of hydrogen-bond donors (Lipinski definition) is 1. The van der Waals surface area contributed by atoms with Gasteiger partial charge in [-0.15, -0.1) is 0 Å². The van der Waals surface area contributed by atoms with Crippen LogP contribution in [0.15, 0.2) is 6.07 Å². The lowest BCUT2D eigenvalue weighted by Gasteiger charge is -2.34. The van der Waals surface area contributed by atoms with Crippen LogP contribution >= 0.6 is 12.2 Å². The molecule has 0 aromatic carbocycles. The molecule has 3 heteroatoms. The third kappa shape index (κ3) is 3.65. The van der Waals surface area contributed by atoms with Gasteiger partial charge in [0.25, 0.3) is 0 Å². The van der Waals surface area contributed by atoms with E-state index in [0.717, 1.165) is 10.5 Å². The number of rotatable bonds is 1. The Morgan fingerprint density at radius 3 is 2.37 bits per heavy atom. The Balaban J connectivity index is 2.27. The Bertz CT molecular complexity index is 498. The zero-order valence-electron chi connectivity index (χ0n) is 12.8. The van der Waals surface area contributed by atoms with Crippen LogP contribution in [0.5, 0.6) is 0 Å². The van der Waals surface area contributed by atoms with Crippen LogP contribution in [0.2, 0.25) is 0 Å². The highest BCUT2D eigenvalue weighted by Gasteiger charge is 2.29. The molecule has 1 aromatic rings. The van der Waals surface area contributed by atoms with Crippen LogP contribution in [0.25, 0.3) is 0 Å². The maximum atomic E-state index is 5.34. The van der Waals surface area contributed by atoms with E-state index >= 15 is 0 Å². The number of aromatic nitrogens is 2. The zero-order chi connectivity index (χ0) is 14.3. The van der Waals surface area contributed by atoms with Crippen molar-refractivity contribution in [1.29, 1.82) is 0 Å². The summed E-state index contributed by atoms with van der Waals surface area (Å²) >= 11 is 5.34. The van der Waals surface area contributed by atoms with E-state index in [2.05, 4.69) is 44.6 Å². The first-order valence-corrected chi connectivity index (χ1v) is 7.70. The third-order valence-electron chi connectivity index (χ3n) is 4.30. The van der Waals surface area contributed by atoms with E-state index in [0.29, 0.717) is 11.3 Å². The molecule has 1 fully saturated rings. The van der Waals surface area contributed by atoms with Gasteiger partial charge in [0.15, 0.2) is 0 Å². The maximum Gasteiger partial charge on any atom is 0.130 e. The lowest BCUT2D eigenvalue weighted by molar-refractivity contribution is 0.220. The molecule has 106 valence electrons. The summed E-state index contributed by atoms with van der Waals surface area (Å²) in [6.07, 6.45) is 5.00. The number of hydrogen-bond acceptors (Lipinski definition) is 2. The van der Waals surface area contributed by atoms with E-state index in [1.165, 1.54) is 31.4 Å². The summed E-state index contributed by atoms with van der Waals surface area (Å²) in [5.74, 6) is 1.66. The van der Waals surface area contributed by atoms with Crippen molar-refractivity contribution < 1.29 is 0 Å². The molecule has 0 amide bonds. The topological polar surface area (TPSA) is 28.7 Å². The molecule has 0 bridgehead atoms. The summed E-state index contributed by atoms with van der Waals surface area (Å²) in [7, 11) is 0. The normalized spacial score (nSPS) is 20.5. The Kier molecular flexibility index (Phi) is 3.87. The van der Waals surface area contributed by atoms with Crippen molar-refractivity contribution >= 4 is 12.2 Å². The second kappa shape index (κ2) is 5.01. The van der Waals surface area contributed by atoms with Crippen molar-refractivity contribution in [2.24, 2.45) is 5.41 Å². The van der Waals surface area contributed by atoms with Crippen molar-refractivity contribution in [2.75, 3.05) is 0 Å². The van der Waals surface area contributed by atoms with Crippen molar-refractivity contribution in [3.05, 3.63) is 22.2 Å². The minimum atomic E-state index is 0.0964. The highest BCUT2D eigenvalue weighted by molar-refractivity contribution is 7.71. The highest BCUT2D eigenvalue weighted by atomic mass is 32.1. The van der Waals surface area contributed by atoms with Gasteiger partial charge in [0.05, 0.1) is 0 Å². The quantitative estimate of drug-likeness (QED) is 0.722. The van der Waals surface area contributed by atoms with Crippen LogP contribution in [0.4, 0.5) is 0 Å². The van der Waals surface area contributed by atoms with Gasteiger partial charge in [0.1, 0.15) is 10.5 Å². The van der Waals surface area contributed by atoms with Gasteiger partial charge in [0.2, 0.25) is 0 Å². The number of nitrogens with one attached hydrogen (secondary N) is 1. The molecule has 1 aliphatic carbocycles. The second-order valence-electron chi connectivity index (χ2n) is 7.71. The fourth-order valence-corrected chi connectivity index (χ4v) is 2.96. The van der Waals surface area contributed by atoms with E-state index in [1.54, 1.807) is 0 Å². The van der Waals surface area contributed by atoms with E-state index in [1.807, 2.05) is 6.07 Å². The van der Waals surface area contributed by atoms with Crippen LogP contribution in [-0.4, -0.2) is 9.97 Å². The van der Waals surface area contributed by atoms with E-state index in [9.17, 15) is 0 Å². The first kappa shape index (κ1) is 14.7. The van der Waals surface area contributed by atoms with Crippen molar-refractivity contribution in [3.63, 3.8) is 0 Å². The molecular weight excluding hydrogens is 252 g/mol. The van der Waals surface area contributed by atoms with Crippen LogP contribution in [-0.2, 0) is 5.41 Å². The van der Waals surface area contributed by atoms with Crippen LogP contribution < -0.4 is 0 Å². The average molecular weight is 278 g/mol. The molecule has 2 rings (SSSR count). The first-order chi connectivity index (χ1) is 8.67. The monoisotopic (exact) mass is 278 g/mol. The van der Waals surface area contributed by atoms with Gasteiger partial charge in [-0.1, -0.05) is 46.8 Å². The van der Waals surface area contributed by atoms with Gasteiger partial charge in [-0.3, -0.25) is 0 Å². The van der Waals surface area contributed by atoms with Gasteiger partial charge in [-0.2, -0.15) is 0 Å². The lowest BCUT2D eigenvalue weighted by Crippen LogP contribution is -2.23. The predicted molar refractivity (Wildman–Crippen MR) is 83.1 cm³/mol. The summed E-state index contributed by atoms with van der Waals surface area (Å²) in [6, 6.07) is 2.01. The van der Waals surface area contributed by atoms with Crippen LogP contribution in [0, 0.1) is 10.1 Å². The fraction of sp³-hybridized carbons (Fsp3) is 0.750. The molecule has 0 radical (unpaired) electrons. The Morgan fingerprint density at radius 2 is 1.84 bits per heavy atom. The Hall–Kier alpha value is -0.700. The Morgan fingerprint density at radius 1 is 1.26 bits per heavy atom. The molecule has 1 saturated carbocycles. The van der Waals surface area contributed by atoms with Crippen molar-refractivity contribution in [1.82, 2.24) is 9.97 Å². The largest absolute Gasteiger partial charge is 0.346 e. The molecule has 0 aliphatic heterocycles. The minimum absolute atomic E-state index is 0.0964. The summed E-state index contributed by atoms with van der Waals surface area (Å²) in [5, 5.41) is 0. The first-order valence-electron chi connectivity index (χ1n) is 7.29. The Labute approximate surface area is 122 Å². The highest BCUT2D eigenvalue weighted by Crippen LogP contribution is 2.41. The number of nitrogens with zero attached hydrogens (tertiary/aromatic N) is 1. The molecule has 2 nitrogen and oxygen atoms in total. The van der Waals surface area contributed by atoms with Gasteiger partial charge in [-0.05, 0) is 37.2 Å². The SMILES string of the molecule is CC1(C)CCC(c2nc(=S)cc(C(C)(C)C)[nH]2)CC1. The standard InChI is InChI=1S/C16H26N2S/c1-15(2,3)12-10-13(19)18-14(17-12)11-6-8-16(4,5)9-7-11/h10-11H,6-9H2,1-5H3,(H,17,18,19). The van der Waals surface area contributed by atoms with E-state index in [4.69, 9.17) is 12.2 Å². The molecule has 0 spiro atoms. The maximum absolute atomic E-state index is 5.34.